The van der Waals surface area contributed by atoms with Crippen LogP contribution in [0.4, 0.5) is 0 Å². The molecule has 106 valence electrons. The van der Waals surface area contributed by atoms with E-state index in [4.69, 9.17) is 4.74 Å². The van der Waals surface area contributed by atoms with E-state index in [0.717, 1.165) is 19.1 Å². The highest BCUT2D eigenvalue weighted by molar-refractivity contribution is 5.39. The third-order valence-electron chi connectivity index (χ3n) is 3.84. The van der Waals surface area contributed by atoms with Gasteiger partial charge in [-0.05, 0) is 56.7 Å². The minimum Gasteiger partial charge on any atom is -0.377 e. The van der Waals surface area contributed by atoms with Gasteiger partial charge in [-0.25, -0.2) is 0 Å². The quantitative estimate of drug-likeness (QED) is 0.773. The van der Waals surface area contributed by atoms with Gasteiger partial charge in [0.15, 0.2) is 0 Å². The average molecular weight is 261 g/mol. The Morgan fingerprint density at radius 3 is 2.79 bits per heavy atom. The molecule has 2 heteroatoms. The lowest BCUT2D eigenvalue weighted by atomic mass is 9.74. The average Bonchev–Trinajstić information content (AvgIpc) is 2.38. The molecule has 1 aromatic rings. The van der Waals surface area contributed by atoms with E-state index in [1.165, 1.54) is 24.8 Å². The molecule has 0 amide bonds. The van der Waals surface area contributed by atoms with Crippen LogP contribution in [0.1, 0.15) is 50.7 Å². The Kier molecular flexibility index (Phi) is 5.41. The highest BCUT2D eigenvalue weighted by Gasteiger charge is 2.27. The van der Waals surface area contributed by atoms with Crippen LogP contribution in [0.3, 0.4) is 0 Å². The van der Waals surface area contributed by atoms with Crippen molar-refractivity contribution in [2.24, 2.45) is 0 Å². The van der Waals surface area contributed by atoms with Gasteiger partial charge in [0.25, 0.3) is 0 Å². The fraction of sp³-hybridized carbons (Fsp3) is 0.647. The predicted molar refractivity (Wildman–Crippen MR) is 80.7 cm³/mol. The summed E-state index contributed by atoms with van der Waals surface area (Å²) in [5.41, 5.74) is 3.09. The van der Waals surface area contributed by atoms with E-state index in [2.05, 4.69) is 50.4 Å². The van der Waals surface area contributed by atoms with Crippen molar-refractivity contribution in [3.05, 3.63) is 35.4 Å². The first-order chi connectivity index (χ1) is 9.20. The van der Waals surface area contributed by atoms with Crippen LogP contribution in [0, 0.1) is 0 Å². The van der Waals surface area contributed by atoms with Crippen LogP contribution < -0.4 is 5.32 Å². The first-order valence-electron chi connectivity index (χ1n) is 7.63. The maximum Gasteiger partial charge on any atom is 0.0623 e. The van der Waals surface area contributed by atoms with Gasteiger partial charge in [-0.1, -0.05) is 31.2 Å². The second-order valence-corrected chi connectivity index (χ2v) is 5.87. The maximum atomic E-state index is 5.80. The Balaban J connectivity index is 1.86. The van der Waals surface area contributed by atoms with E-state index >= 15 is 0 Å². The summed E-state index contributed by atoms with van der Waals surface area (Å²) in [5, 5.41) is 3.63. The summed E-state index contributed by atoms with van der Waals surface area (Å²) in [6, 6.07) is 9.32. The number of ether oxygens (including phenoxy) is 1. The first-order valence-corrected chi connectivity index (χ1v) is 7.63. The molecule has 0 saturated carbocycles. The second kappa shape index (κ2) is 7.06. The second-order valence-electron chi connectivity index (χ2n) is 5.87. The molecule has 2 atom stereocenters. The number of rotatable bonds is 8. The van der Waals surface area contributed by atoms with Crippen LogP contribution in [0.2, 0.25) is 0 Å². The third-order valence-corrected chi connectivity index (χ3v) is 3.84. The number of fused-ring (bicyclic) bond motifs is 1. The summed E-state index contributed by atoms with van der Waals surface area (Å²) in [6.07, 6.45) is 3.94. The molecule has 0 aliphatic heterocycles. The van der Waals surface area contributed by atoms with Crippen molar-refractivity contribution in [3.63, 3.8) is 0 Å². The van der Waals surface area contributed by atoms with E-state index in [1.54, 1.807) is 5.56 Å². The van der Waals surface area contributed by atoms with Gasteiger partial charge in [-0.3, -0.25) is 0 Å². The fourth-order valence-electron chi connectivity index (χ4n) is 2.78. The molecule has 0 fully saturated rings. The lowest BCUT2D eigenvalue weighted by Gasteiger charge is -2.33. The van der Waals surface area contributed by atoms with Crippen LogP contribution in [-0.4, -0.2) is 25.3 Å². The molecule has 0 heterocycles. The van der Waals surface area contributed by atoms with Crippen molar-refractivity contribution in [2.45, 2.75) is 58.1 Å². The Hall–Kier alpha value is -0.860. The maximum absolute atomic E-state index is 5.80. The molecule has 2 unspecified atom stereocenters. The summed E-state index contributed by atoms with van der Waals surface area (Å²) >= 11 is 0. The molecule has 0 saturated heterocycles. The van der Waals surface area contributed by atoms with Gasteiger partial charge in [0.05, 0.1) is 12.7 Å². The van der Waals surface area contributed by atoms with Crippen molar-refractivity contribution < 1.29 is 4.74 Å². The molecule has 0 aromatic heterocycles. The molecule has 0 radical (unpaired) electrons. The molecule has 0 spiro atoms. The summed E-state index contributed by atoms with van der Waals surface area (Å²) in [5.74, 6) is 0.723. The van der Waals surface area contributed by atoms with Gasteiger partial charge in [0, 0.05) is 6.04 Å². The van der Waals surface area contributed by atoms with Crippen molar-refractivity contribution in [3.8, 4) is 0 Å². The topological polar surface area (TPSA) is 21.3 Å². The smallest absolute Gasteiger partial charge is 0.0623 e. The molecule has 1 N–H and O–H groups in total. The van der Waals surface area contributed by atoms with E-state index in [1.807, 2.05) is 0 Å². The molecule has 2 rings (SSSR count). The minimum atomic E-state index is 0.319. The Labute approximate surface area is 117 Å². The monoisotopic (exact) mass is 261 g/mol. The van der Waals surface area contributed by atoms with Gasteiger partial charge >= 0.3 is 0 Å². The Bertz CT molecular complexity index is 389. The molecular formula is C17H27NO. The summed E-state index contributed by atoms with van der Waals surface area (Å²) < 4.78 is 5.80. The van der Waals surface area contributed by atoms with E-state index in [-0.39, 0.29) is 0 Å². The van der Waals surface area contributed by atoms with Gasteiger partial charge in [-0.2, -0.15) is 0 Å². The lowest BCUT2D eigenvalue weighted by Crippen LogP contribution is -2.38. The highest BCUT2D eigenvalue weighted by atomic mass is 16.5. The van der Waals surface area contributed by atoms with Gasteiger partial charge in [-0.15, -0.1) is 0 Å². The van der Waals surface area contributed by atoms with E-state index < -0.39 is 0 Å². The number of benzene rings is 1. The van der Waals surface area contributed by atoms with Gasteiger partial charge < -0.3 is 10.1 Å². The number of hydrogen-bond donors (Lipinski definition) is 1. The minimum absolute atomic E-state index is 0.319. The Morgan fingerprint density at radius 1 is 1.32 bits per heavy atom. The van der Waals surface area contributed by atoms with E-state index in [0.29, 0.717) is 12.1 Å². The summed E-state index contributed by atoms with van der Waals surface area (Å²) in [7, 11) is 0. The van der Waals surface area contributed by atoms with Crippen LogP contribution in [-0.2, 0) is 11.2 Å². The molecule has 1 aliphatic rings. The third kappa shape index (κ3) is 4.05. The number of hydrogen-bond acceptors (Lipinski definition) is 2. The zero-order chi connectivity index (χ0) is 13.7. The van der Waals surface area contributed by atoms with Gasteiger partial charge in [0.2, 0.25) is 0 Å². The van der Waals surface area contributed by atoms with E-state index in [9.17, 15) is 0 Å². The Morgan fingerprint density at radius 2 is 2.11 bits per heavy atom. The SMILES string of the molecule is CCCNC(COC(C)C)CC1Cc2ccccc21. The van der Waals surface area contributed by atoms with Crippen LogP contribution >= 0.6 is 0 Å². The lowest BCUT2D eigenvalue weighted by molar-refractivity contribution is 0.0576. The van der Waals surface area contributed by atoms with Crippen LogP contribution in [0.5, 0.6) is 0 Å². The zero-order valence-electron chi connectivity index (χ0n) is 12.5. The van der Waals surface area contributed by atoms with Crippen LogP contribution in [0.25, 0.3) is 0 Å². The summed E-state index contributed by atoms with van der Waals surface area (Å²) in [6.45, 7) is 8.34. The largest absolute Gasteiger partial charge is 0.377 e. The van der Waals surface area contributed by atoms with Crippen molar-refractivity contribution >= 4 is 0 Å². The molecular weight excluding hydrogens is 234 g/mol. The number of nitrogens with one attached hydrogen (secondary N) is 1. The van der Waals surface area contributed by atoms with Crippen molar-refractivity contribution in [2.75, 3.05) is 13.2 Å². The fourth-order valence-corrected chi connectivity index (χ4v) is 2.78. The molecule has 1 aliphatic carbocycles. The molecule has 19 heavy (non-hydrogen) atoms. The van der Waals surface area contributed by atoms with Crippen molar-refractivity contribution in [1.82, 2.24) is 5.32 Å². The zero-order valence-corrected chi connectivity index (χ0v) is 12.5. The normalized spacial score (nSPS) is 19.1. The summed E-state index contributed by atoms with van der Waals surface area (Å²) in [4.78, 5) is 0. The van der Waals surface area contributed by atoms with Crippen molar-refractivity contribution in [1.29, 1.82) is 0 Å². The first kappa shape index (κ1) is 14.5. The molecule has 1 aromatic carbocycles. The molecule has 0 bridgehead atoms. The highest BCUT2D eigenvalue weighted by Crippen LogP contribution is 2.37. The standard InChI is InChI=1S/C17H27NO/c1-4-9-18-16(12-19-13(2)3)11-15-10-14-7-5-6-8-17(14)15/h5-8,13,15-16,18H,4,9-12H2,1-3H3. The van der Waals surface area contributed by atoms with Crippen LogP contribution in [0.15, 0.2) is 24.3 Å². The predicted octanol–water partition coefficient (Wildman–Crippen LogP) is 3.51. The van der Waals surface area contributed by atoms with Gasteiger partial charge in [0.1, 0.15) is 0 Å². The molecule has 2 nitrogen and oxygen atoms in total.